The first-order valence-electron chi connectivity index (χ1n) is 5.26. The largest absolute Gasteiger partial charge is 0.394 e. The van der Waals surface area contributed by atoms with Crippen LogP contribution in [-0.2, 0) is 0 Å². The summed E-state index contributed by atoms with van der Waals surface area (Å²) in [5, 5.41) is 11.8. The average Bonchev–Trinajstić information content (AvgIpc) is 3.02. The van der Waals surface area contributed by atoms with E-state index >= 15 is 0 Å². The van der Waals surface area contributed by atoms with Crippen LogP contribution in [0.15, 0.2) is 18.2 Å². The van der Waals surface area contributed by atoms with Crippen molar-refractivity contribution < 1.29 is 14.3 Å². The molecule has 0 atom stereocenters. The zero-order valence-electron chi connectivity index (χ0n) is 9.09. The van der Waals surface area contributed by atoms with Gasteiger partial charge in [-0.3, -0.25) is 4.79 Å². The molecule has 1 aromatic carbocycles. The number of nitrogens with one attached hydrogen (secondary N) is 1. The molecule has 3 nitrogen and oxygen atoms in total. The Morgan fingerprint density at radius 3 is 2.81 bits per heavy atom. The first-order valence-corrected chi connectivity index (χ1v) is 5.26. The second-order valence-corrected chi connectivity index (χ2v) is 4.35. The zero-order valence-corrected chi connectivity index (χ0v) is 9.09. The van der Waals surface area contributed by atoms with Crippen molar-refractivity contribution in [1.29, 1.82) is 0 Å². The molecule has 1 aromatic rings. The maximum atomic E-state index is 13.0. The highest BCUT2D eigenvalue weighted by molar-refractivity contribution is 5.96. The van der Waals surface area contributed by atoms with E-state index in [-0.39, 0.29) is 12.5 Å². The molecule has 1 fully saturated rings. The summed E-state index contributed by atoms with van der Waals surface area (Å²) < 4.78 is 13.0. The van der Waals surface area contributed by atoms with Crippen LogP contribution in [0.3, 0.4) is 0 Å². The third-order valence-electron chi connectivity index (χ3n) is 2.98. The average molecular weight is 223 g/mol. The Balaban J connectivity index is 2.17. The molecule has 0 bridgehead atoms. The summed E-state index contributed by atoms with van der Waals surface area (Å²) in [7, 11) is 0. The summed E-state index contributed by atoms with van der Waals surface area (Å²) in [6.07, 6.45) is 1.56. The number of aliphatic hydroxyl groups is 1. The third-order valence-corrected chi connectivity index (χ3v) is 2.98. The molecular formula is C12H14FNO2. The van der Waals surface area contributed by atoms with Crippen LogP contribution in [0.2, 0.25) is 0 Å². The fraction of sp³-hybridized carbons (Fsp3) is 0.417. The first-order chi connectivity index (χ1) is 7.56. The van der Waals surface area contributed by atoms with Crippen molar-refractivity contribution in [3.8, 4) is 0 Å². The van der Waals surface area contributed by atoms with Gasteiger partial charge in [0, 0.05) is 5.56 Å². The number of hydrogen-bond acceptors (Lipinski definition) is 2. The first kappa shape index (κ1) is 11.1. The molecule has 0 spiro atoms. The van der Waals surface area contributed by atoms with Crippen molar-refractivity contribution in [2.24, 2.45) is 0 Å². The molecule has 2 rings (SSSR count). The lowest BCUT2D eigenvalue weighted by molar-refractivity contribution is 0.0905. The quantitative estimate of drug-likeness (QED) is 0.813. The van der Waals surface area contributed by atoms with Crippen LogP contribution >= 0.6 is 0 Å². The summed E-state index contributed by atoms with van der Waals surface area (Å²) >= 11 is 0. The molecule has 0 radical (unpaired) electrons. The highest BCUT2D eigenvalue weighted by Crippen LogP contribution is 2.34. The number of amides is 1. The van der Waals surface area contributed by atoms with Gasteiger partial charge in [-0.05, 0) is 37.5 Å². The van der Waals surface area contributed by atoms with Crippen molar-refractivity contribution in [3.05, 3.63) is 35.1 Å². The molecule has 0 aromatic heterocycles. The highest BCUT2D eigenvalue weighted by Gasteiger charge is 2.43. The van der Waals surface area contributed by atoms with E-state index in [1.165, 1.54) is 12.1 Å². The fourth-order valence-corrected chi connectivity index (χ4v) is 1.62. The molecule has 2 N–H and O–H groups in total. The standard InChI is InChI=1S/C12H14FNO2/c1-8-2-3-9(13)6-10(8)11(16)14-12(7-15)4-5-12/h2-3,6,15H,4-5,7H2,1H3,(H,14,16). The SMILES string of the molecule is Cc1ccc(F)cc1C(=O)NC1(CO)CC1. The van der Waals surface area contributed by atoms with E-state index in [2.05, 4.69) is 5.32 Å². The Morgan fingerprint density at radius 1 is 1.56 bits per heavy atom. The zero-order chi connectivity index (χ0) is 11.8. The molecule has 1 saturated carbocycles. The fourth-order valence-electron chi connectivity index (χ4n) is 1.62. The van der Waals surface area contributed by atoms with Crippen molar-refractivity contribution in [2.75, 3.05) is 6.61 Å². The van der Waals surface area contributed by atoms with Gasteiger partial charge < -0.3 is 10.4 Å². The highest BCUT2D eigenvalue weighted by atomic mass is 19.1. The minimum atomic E-state index is -0.462. The van der Waals surface area contributed by atoms with Crippen LogP contribution in [-0.4, -0.2) is 23.2 Å². The predicted molar refractivity (Wildman–Crippen MR) is 57.7 cm³/mol. The Labute approximate surface area is 93.3 Å². The normalized spacial score (nSPS) is 16.9. The van der Waals surface area contributed by atoms with Crippen LogP contribution in [0.25, 0.3) is 0 Å². The van der Waals surface area contributed by atoms with Gasteiger partial charge in [-0.15, -0.1) is 0 Å². The van der Waals surface area contributed by atoms with Crippen LogP contribution in [0, 0.1) is 12.7 Å². The van der Waals surface area contributed by atoms with E-state index in [9.17, 15) is 9.18 Å². The molecule has 0 saturated heterocycles. The lowest BCUT2D eigenvalue weighted by Gasteiger charge is -2.15. The van der Waals surface area contributed by atoms with Crippen LogP contribution in [0.4, 0.5) is 4.39 Å². The molecule has 1 aliphatic rings. The van der Waals surface area contributed by atoms with Crippen molar-refractivity contribution in [1.82, 2.24) is 5.32 Å². The minimum absolute atomic E-state index is 0.0624. The molecule has 1 aliphatic carbocycles. The maximum Gasteiger partial charge on any atom is 0.252 e. The Kier molecular flexibility index (Phi) is 2.68. The number of aryl methyl sites for hydroxylation is 1. The topological polar surface area (TPSA) is 49.3 Å². The molecule has 16 heavy (non-hydrogen) atoms. The number of carbonyl (C=O) groups is 1. The number of hydrogen-bond donors (Lipinski definition) is 2. The summed E-state index contributed by atoms with van der Waals surface area (Å²) in [5.41, 5.74) is 0.600. The number of carbonyl (C=O) groups excluding carboxylic acids is 1. The number of halogens is 1. The van der Waals surface area contributed by atoms with E-state index in [0.29, 0.717) is 5.56 Å². The predicted octanol–water partition coefficient (Wildman–Crippen LogP) is 1.39. The van der Waals surface area contributed by atoms with Crippen LogP contribution in [0.5, 0.6) is 0 Å². The van der Waals surface area contributed by atoms with Crippen LogP contribution < -0.4 is 5.32 Å². The van der Waals surface area contributed by atoms with Gasteiger partial charge in [0.25, 0.3) is 5.91 Å². The van der Waals surface area contributed by atoms with Gasteiger partial charge in [0.15, 0.2) is 0 Å². The molecular weight excluding hydrogens is 209 g/mol. The Hall–Kier alpha value is -1.42. The van der Waals surface area contributed by atoms with E-state index in [1.807, 2.05) is 0 Å². The van der Waals surface area contributed by atoms with Gasteiger partial charge in [0.05, 0.1) is 12.1 Å². The summed E-state index contributed by atoms with van der Waals surface area (Å²) in [4.78, 5) is 11.8. The molecule has 0 aliphatic heterocycles. The summed E-state index contributed by atoms with van der Waals surface area (Å²) in [6.45, 7) is 1.69. The number of benzene rings is 1. The van der Waals surface area contributed by atoms with Gasteiger partial charge >= 0.3 is 0 Å². The smallest absolute Gasteiger partial charge is 0.252 e. The second-order valence-electron chi connectivity index (χ2n) is 4.35. The Morgan fingerprint density at radius 2 is 2.25 bits per heavy atom. The van der Waals surface area contributed by atoms with Gasteiger partial charge in [-0.2, -0.15) is 0 Å². The van der Waals surface area contributed by atoms with Gasteiger partial charge in [0.1, 0.15) is 5.82 Å². The third kappa shape index (κ3) is 2.07. The Bertz CT molecular complexity index is 427. The number of aliphatic hydroxyl groups excluding tert-OH is 1. The lowest BCUT2D eigenvalue weighted by atomic mass is 10.1. The van der Waals surface area contributed by atoms with Crippen LogP contribution in [0.1, 0.15) is 28.8 Å². The van der Waals surface area contributed by atoms with Gasteiger partial charge in [0.2, 0.25) is 0 Å². The van der Waals surface area contributed by atoms with E-state index in [4.69, 9.17) is 5.11 Å². The molecule has 0 unspecified atom stereocenters. The van der Waals surface area contributed by atoms with Gasteiger partial charge in [-0.1, -0.05) is 6.07 Å². The molecule has 1 amide bonds. The lowest BCUT2D eigenvalue weighted by Crippen LogP contribution is -2.39. The minimum Gasteiger partial charge on any atom is -0.394 e. The van der Waals surface area contributed by atoms with E-state index in [1.54, 1.807) is 13.0 Å². The molecule has 0 heterocycles. The van der Waals surface area contributed by atoms with E-state index < -0.39 is 11.4 Å². The van der Waals surface area contributed by atoms with Gasteiger partial charge in [-0.25, -0.2) is 4.39 Å². The molecule has 86 valence electrons. The van der Waals surface area contributed by atoms with Crippen molar-refractivity contribution in [3.63, 3.8) is 0 Å². The molecule has 4 heteroatoms. The second kappa shape index (κ2) is 3.87. The van der Waals surface area contributed by atoms with Crippen molar-refractivity contribution >= 4 is 5.91 Å². The monoisotopic (exact) mass is 223 g/mol. The summed E-state index contributed by atoms with van der Waals surface area (Å²) in [6, 6.07) is 4.12. The maximum absolute atomic E-state index is 13.0. The van der Waals surface area contributed by atoms with E-state index in [0.717, 1.165) is 18.4 Å². The number of rotatable bonds is 3. The summed E-state index contributed by atoms with van der Waals surface area (Å²) in [5.74, 6) is -0.742. The van der Waals surface area contributed by atoms with Crippen molar-refractivity contribution in [2.45, 2.75) is 25.3 Å².